The summed E-state index contributed by atoms with van der Waals surface area (Å²) in [5.74, 6) is 1.40. The Balaban J connectivity index is 1.49. The highest BCUT2D eigenvalue weighted by molar-refractivity contribution is 7.09. The van der Waals surface area contributed by atoms with E-state index >= 15 is 0 Å². The van der Waals surface area contributed by atoms with Crippen molar-refractivity contribution < 1.29 is 19.1 Å². The van der Waals surface area contributed by atoms with E-state index in [1.54, 1.807) is 22.4 Å². The van der Waals surface area contributed by atoms with E-state index < -0.39 is 17.9 Å². The number of amides is 3. The third-order valence-corrected chi connectivity index (χ3v) is 5.33. The summed E-state index contributed by atoms with van der Waals surface area (Å²) in [5.41, 5.74) is 5.07. The Hall–Kier alpha value is -3.45. The van der Waals surface area contributed by atoms with Crippen molar-refractivity contribution in [2.24, 2.45) is 0 Å². The number of carbonyl (C=O) groups excluding carboxylic acids is 3. The zero-order valence-corrected chi connectivity index (χ0v) is 16.3. The fraction of sp³-hybridized carbons (Fsp3) is 0.316. The Morgan fingerprint density at radius 1 is 1.21 bits per heavy atom. The van der Waals surface area contributed by atoms with Crippen LogP contribution in [0.5, 0.6) is 0 Å². The van der Waals surface area contributed by atoms with E-state index in [1.807, 2.05) is 0 Å². The van der Waals surface area contributed by atoms with Gasteiger partial charge in [-0.2, -0.15) is 0 Å². The van der Waals surface area contributed by atoms with Crippen LogP contribution in [0.2, 0.25) is 0 Å². The second-order valence-corrected chi connectivity index (χ2v) is 7.10. The maximum absolute atomic E-state index is 12.2. The lowest BCUT2D eigenvalue weighted by atomic mass is 9.98. The Labute approximate surface area is 171 Å². The minimum Gasteiger partial charge on any atom is -0.436 e. The molecule has 0 bridgehead atoms. The predicted octanol–water partition coefficient (Wildman–Crippen LogP) is 1.56. The molecule has 0 aliphatic carbocycles. The Bertz CT molecular complexity index is 916. The summed E-state index contributed by atoms with van der Waals surface area (Å²) < 4.78 is 4.93. The molecule has 1 aliphatic heterocycles. The van der Waals surface area contributed by atoms with E-state index in [0.29, 0.717) is 13.1 Å². The van der Waals surface area contributed by atoms with Crippen LogP contribution >= 0.6 is 11.3 Å². The smallest absolute Gasteiger partial charge is 0.410 e. The van der Waals surface area contributed by atoms with Crippen LogP contribution in [-0.4, -0.2) is 52.5 Å². The van der Waals surface area contributed by atoms with Gasteiger partial charge in [0.1, 0.15) is 11.4 Å². The molecule has 3 amide bonds. The van der Waals surface area contributed by atoms with Crippen LogP contribution in [0, 0.1) is 12.3 Å². The maximum Gasteiger partial charge on any atom is 0.410 e. The summed E-state index contributed by atoms with van der Waals surface area (Å²) in [6, 6.07) is 4.91. The Morgan fingerprint density at radius 3 is 2.59 bits per heavy atom. The quantitative estimate of drug-likeness (QED) is 0.581. The summed E-state index contributed by atoms with van der Waals surface area (Å²) in [6.45, 7) is 1.03. The third-order valence-electron chi connectivity index (χ3n) is 4.32. The first-order chi connectivity index (χ1) is 14.1. The molecule has 9 nitrogen and oxygen atoms in total. The van der Waals surface area contributed by atoms with Crippen LogP contribution in [0.15, 0.2) is 29.8 Å². The highest BCUT2D eigenvalue weighted by atomic mass is 32.1. The molecule has 1 saturated heterocycles. The average Bonchev–Trinajstić information content (AvgIpc) is 3.26. The summed E-state index contributed by atoms with van der Waals surface area (Å²) in [7, 11) is 0. The molecule has 0 radical (unpaired) electrons. The van der Waals surface area contributed by atoms with Crippen molar-refractivity contribution in [2.45, 2.75) is 18.8 Å². The highest BCUT2D eigenvalue weighted by Crippen LogP contribution is 2.30. The van der Waals surface area contributed by atoms with Gasteiger partial charge in [0, 0.05) is 30.6 Å². The Kier molecular flexibility index (Phi) is 6.76. The molecule has 29 heavy (non-hydrogen) atoms. The van der Waals surface area contributed by atoms with Crippen molar-refractivity contribution in [3.05, 3.63) is 46.2 Å². The lowest BCUT2D eigenvalue weighted by Crippen LogP contribution is -2.42. The van der Waals surface area contributed by atoms with E-state index in [2.05, 4.69) is 26.7 Å². The summed E-state index contributed by atoms with van der Waals surface area (Å²) in [4.78, 5) is 45.9. The maximum atomic E-state index is 12.2. The first kappa shape index (κ1) is 20.3. The van der Waals surface area contributed by atoms with Crippen molar-refractivity contribution >= 4 is 29.2 Å². The molecule has 1 aliphatic rings. The first-order valence-corrected chi connectivity index (χ1v) is 9.78. The van der Waals surface area contributed by atoms with E-state index in [1.165, 1.54) is 23.6 Å². The van der Waals surface area contributed by atoms with Crippen molar-refractivity contribution in [1.82, 2.24) is 25.7 Å². The van der Waals surface area contributed by atoms with Crippen molar-refractivity contribution in [3.63, 3.8) is 0 Å². The monoisotopic (exact) mass is 413 g/mol. The van der Waals surface area contributed by atoms with E-state index in [-0.39, 0.29) is 23.9 Å². The number of nitrogens with one attached hydrogen (secondary N) is 2. The zero-order valence-electron chi connectivity index (χ0n) is 15.5. The average molecular weight is 413 g/mol. The molecule has 2 N–H and O–H groups in total. The number of likely N-dealkylation sites (tertiary alicyclic amines) is 1. The van der Waals surface area contributed by atoms with Gasteiger partial charge in [0.05, 0.1) is 5.01 Å². The lowest BCUT2D eigenvalue weighted by Gasteiger charge is -2.30. The van der Waals surface area contributed by atoms with E-state index in [9.17, 15) is 14.4 Å². The fourth-order valence-corrected chi connectivity index (χ4v) is 3.79. The summed E-state index contributed by atoms with van der Waals surface area (Å²) in [6.07, 6.45) is 7.60. The van der Waals surface area contributed by atoms with Crippen LogP contribution in [0.1, 0.15) is 44.7 Å². The van der Waals surface area contributed by atoms with Gasteiger partial charge in [0.15, 0.2) is 6.61 Å². The standard InChI is InChI=1S/C19H19N5O4S/c1-2-11-28-19(27)24-9-6-13(7-10-24)18-21-15(12-29-18)17(26)23-22-16(25)14-5-3-4-8-20-14/h1,3-5,8,12-13H,6-7,9-11H2,(H,22,25)(H,23,26). The fourth-order valence-electron chi connectivity index (χ4n) is 2.82. The van der Waals surface area contributed by atoms with Gasteiger partial charge in [-0.15, -0.1) is 17.8 Å². The van der Waals surface area contributed by atoms with Gasteiger partial charge in [-0.25, -0.2) is 9.78 Å². The normalized spacial score (nSPS) is 14.0. The van der Waals surface area contributed by atoms with Gasteiger partial charge in [0.2, 0.25) is 0 Å². The molecular weight excluding hydrogens is 394 g/mol. The molecule has 0 unspecified atom stereocenters. The largest absolute Gasteiger partial charge is 0.436 e. The van der Waals surface area contributed by atoms with Gasteiger partial charge in [-0.05, 0) is 25.0 Å². The number of thiazole rings is 1. The lowest BCUT2D eigenvalue weighted by molar-refractivity contribution is 0.0841. The zero-order chi connectivity index (χ0) is 20.6. The summed E-state index contributed by atoms with van der Waals surface area (Å²) in [5, 5.41) is 2.47. The number of hydrogen-bond acceptors (Lipinski definition) is 7. The van der Waals surface area contributed by atoms with E-state index in [4.69, 9.17) is 11.2 Å². The number of nitrogens with zero attached hydrogens (tertiary/aromatic N) is 3. The molecule has 3 rings (SSSR count). The van der Waals surface area contributed by atoms with Gasteiger partial charge in [0.25, 0.3) is 11.8 Å². The predicted molar refractivity (Wildman–Crippen MR) is 105 cm³/mol. The minimum absolute atomic E-state index is 0.0411. The minimum atomic E-state index is -0.515. The Morgan fingerprint density at radius 2 is 1.93 bits per heavy atom. The van der Waals surface area contributed by atoms with Crippen LogP contribution in [-0.2, 0) is 4.74 Å². The van der Waals surface area contributed by atoms with E-state index in [0.717, 1.165) is 17.8 Å². The topological polar surface area (TPSA) is 114 Å². The number of hydrogen-bond donors (Lipinski definition) is 2. The van der Waals surface area contributed by atoms with Crippen molar-refractivity contribution in [1.29, 1.82) is 0 Å². The number of hydrazine groups is 1. The molecular formula is C19H19N5O4S. The van der Waals surface area contributed by atoms with Gasteiger partial charge < -0.3 is 9.64 Å². The molecule has 0 aromatic carbocycles. The summed E-state index contributed by atoms with van der Waals surface area (Å²) >= 11 is 1.38. The van der Waals surface area contributed by atoms with Crippen molar-refractivity contribution in [2.75, 3.05) is 19.7 Å². The van der Waals surface area contributed by atoms with Gasteiger partial charge in [-0.1, -0.05) is 12.0 Å². The molecule has 1 fully saturated rings. The number of piperidine rings is 1. The van der Waals surface area contributed by atoms with Crippen LogP contribution in [0.25, 0.3) is 0 Å². The molecule has 0 saturated carbocycles. The molecule has 10 heteroatoms. The van der Waals surface area contributed by atoms with Crippen molar-refractivity contribution in [3.8, 4) is 12.3 Å². The second kappa shape index (κ2) is 9.66. The molecule has 3 heterocycles. The first-order valence-electron chi connectivity index (χ1n) is 8.90. The van der Waals surface area contributed by atoms with Gasteiger partial charge in [-0.3, -0.25) is 25.4 Å². The number of aromatic nitrogens is 2. The second-order valence-electron chi connectivity index (χ2n) is 6.21. The molecule has 2 aromatic heterocycles. The van der Waals surface area contributed by atoms with Crippen LogP contribution in [0.4, 0.5) is 4.79 Å². The molecule has 0 spiro atoms. The third kappa shape index (κ3) is 5.30. The number of terminal acetylenes is 1. The molecule has 0 atom stereocenters. The van der Waals surface area contributed by atoms with Gasteiger partial charge >= 0.3 is 6.09 Å². The number of rotatable bonds is 4. The van der Waals surface area contributed by atoms with Crippen LogP contribution in [0.3, 0.4) is 0 Å². The molecule has 150 valence electrons. The number of carbonyl (C=O) groups is 3. The number of ether oxygens (including phenoxy) is 1. The van der Waals surface area contributed by atoms with Crippen LogP contribution < -0.4 is 10.9 Å². The SMILES string of the molecule is C#CCOC(=O)N1CCC(c2nc(C(=O)NNC(=O)c3ccccn3)cs2)CC1. The molecule has 2 aromatic rings. The highest BCUT2D eigenvalue weighted by Gasteiger charge is 2.27. The number of pyridine rings is 1.